The lowest BCUT2D eigenvalue weighted by Crippen LogP contribution is -2.55. The van der Waals surface area contributed by atoms with Gasteiger partial charge in [0.05, 0.1) is 13.7 Å². The molecule has 0 aliphatic heterocycles. The number of para-hydroxylation sites is 1. The molecule has 240 valence electrons. The third-order valence-electron chi connectivity index (χ3n) is 7.80. The molecule has 4 atom stereocenters. The number of hydrogen-bond acceptors (Lipinski definition) is 6. The van der Waals surface area contributed by atoms with E-state index in [0.717, 1.165) is 87.0 Å². The molecule has 3 rings (SSSR count). The van der Waals surface area contributed by atoms with Crippen LogP contribution in [0.1, 0.15) is 90.2 Å². The van der Waals surface area contributed by atoms with Gasteiger partial charge in [-0.05, 0) is 66.7 Å². The first-order chi connectivity index (χ1) is 21.1. The SMILES string of the molecule is CCCCOCC1=C[C@@H](Oc2ccccc2Cc2ccc(OC)cc2)[C@H](OCCCC)[C@@H](OCCCC)[C@@H]1OCCCC. The van der Waals surface area contributed by atoms with Gasteiger partial charge in [-0.3, -0.25) is 0 Å². The molecule has 43 heavy (non-hydrogen) atoms. The molecule has 6 nitrogen and oxygen atoms in total. The number of rotatable bonds is 22. The number of methoxy groups -OCH3 is 1. The molecule has 0 unspecified atom stereocenters. The second kappa shape index (κ2) is 20.6. The maximum atomic E-state index is 6.90. The predicted molar refractivity (Wildman–Crippen MR) is 174 cm³/mol. The first kappa shape index (κ1) is 35.1. The Labute approximate surface area is 261 Å². The predicted octanol–water partition coefficient (Wildman–Crippen LogP) is 8.35. The van der Waals surface area contributed by atoms with Crippen molar-refractivity contribution in [3.05, 3.63) is 71.3 Å². The van der Waals surface area contributed by atoms with Crippen molar-refractivity contribution in [2.75, 3.05) is 40.1 Å². The second-order valence-corrected chi connectivity index (χ2v) is 11.4. The van der Waals surface area contributed by atoms with E-state index in [1.807, 2.05) is 18.2 Å². The molecule has 0 saturated carbocycles. The van der Waals surface area contributed by atoms with Crippen LogP contribution in [0.2, 0.25) is 0 Å². The van der Waals surface area contributed by atoms with Crippen molar-refractivity contribution in [1.29, 1.82) is 0 Å². The van der Waals surface area contributed by atoms with Crippen LogP contribution in [0.5, 0.6) is 11.5 Å². The average Bonchev–Trinajstić information content (AvgIpc) is 3.03. The van der Waals surface area contributed by atoms with E-state index in [9.17, 15) is 0 Å². The van der Waals surface area contributed by atoms with Gasteiger partial charge in [-0.15, -0.1) is 0 Å². The zero-order valence-electron chi connectivity index (χ0n) is 27.4. The largest absolute Gasteiger partial charge is 0.497 e. The van der Waals surface area contributed by atoms with Crippen molar-refractivity contribution < 1.29 is 28.4 Å². The first-order valence-corrected chi connectivity index (χ1v) is 16.7. The Morgan fingerprint density at radius 2 is 1.26 bits per heavy atom. The Balaban J connectivity index is 1.96. The molecule has 0 N–H and O–H groups in total. The van der Waals surface area contributed by atoms with E-state index in [4.69, 9.17) is 28.4 Å². The highest BCUT2D eigenvalue weighted by Gasteiger charge is 2.44. The smallest absolute Gasteiger partial charge is 0.146 e. The van der Waals surface area contributed by atoms with Crippen LogP contribution in [-0.4, -0.2) is 64.6 Å². The summed E-state index contributed by atoms with van der Waals surface area (Å²) in [6.45, 7) is 12.0. The van der Waals surface area contributed by atoms with Crippen molar-refractivity contribution in [2.24, 2.45) is 0 Å². The Morgan fingerprint density at radius 1 is 0.651 bits per heavy atom. The van der Waals surface area contributed by atoms with Crippen molar-refractivity contribution in [1.82, 2.24) is 0 Å². The topological polar surface area (TPSA) is 55.4 Å². The van der Waals surface area contributed by atoms with E-state index in [1.165, 1.54) is 5.56 Å². The van der Waals surface area contributed by atoms with E-state index >= 15 is 0 Å². The third-order valence-corrected chi connectivity index (χ3v) is 7.80. The lowest BCUT2D eigenvalue weighted by Gasteiger charge is -2.42. The van der Waals surface area contributed by atoms with E-state index in [0.29, 0.717) is 26.4 Å². The average molecular weight is 597 g/mol. The molecule has 1 aliphatic rings. The van der Waals surface area contributed by atoms with Gasteiger partial charge in [-0.2, -0.15) is 0 Å². The minimum atomic E-state index is -0.337. The standard InChI is InChI=1S/C37H56O6/c1-6-10-22-39-28-31-27-34(43-33-17-15-14-16-30(33)26-29-18-20-32(38-5)21-19-29)36(41-24-12-8-3)37(42-25-13-9-4)35(31)40-23-11-7-2/h14-21,27,34-37H,6-13,22-26,28H2,1-5H3/t34-,35-,36+,37+/m1/s1. The summed E-state index contributed by atoms with van der Waals surface area (Å²) in [5, 5.41) is 0. The van der Waals surface area contributed by atoms with Crippen molar-refractivity contribution in [2.45, 2.75) is 110 Å². The monoisotopic (exact) mass is 596 g/mol. The van der Waals surface area contributed by atoms with Crippen LogP contribution in [0.25, 0.3) is 0 Å². The van der Waals surface area contributed by atoms with Crippen LogP contribution in [0.4, 0.5) is 0 Å². The molecular formula is C37H56O6. The minimum absolute atomic E-state index is 0.231. The van der Waals surface area contributed by atoms with E-state index < -0.39 is 0 Å². The molecule has 0 spiro atoms. The van der Waals surface area contributed by atoms with Crippen LogP contribution >= 0.6 is 0 Å². The fourth-order valence-electron chi connectivity index (χ4n) is 5.17. The van der Waals surface area contributed by atoms with Crippen molar-refractivity contribution >= 4 is 0 Å². The van der Waals surface area contributed by atoms with E-state index in [1.54, 1.807) is 7.11 Å². The highest BCUT2D eigenvalue weighted by atomic mass is 16.6. The quantitative estimate of drug-likeness (QED) is 0.101. The number of ether oxygens (including phenoxy) is 6. The Kier molecular flexibility index (Phi) is 16.8. The van der Waals surface area contributed by atoms with Gasteiger partial charge in [0.25, 0.3) is 0 Å². The van der Waals surface area contributed by atoms with Gasteiger partial charge in [0, 0.05) is 32.8 Å². The van der Waals surface area contributed by atoms with Crippen LogP contribution < -0.4 is 9.47 Å². The Bertz CT molecular complexity index is 1040. The van der Waals surface area contributed by atoms with Gasteiger partial charge in [0.15, 0.2) is 0 Å². The maximum absolute atomic E-state index is 6.90. The maximum Gasteiger partial charge on any atom is 0.146 e. The minimum Gasteiger partial charge on any atom is -0.497 e. The molecule has 0 radical (unpaired) electrons. The van der Waals surface area contributed by atoms with Gasteiger partial charge in [0.2, 0.25) is 0 Å². The number of benzene rings is 2. The lowest BCUT2D eigenvalue weighted by molar-refractivity contribution is -0.159. The summed E-state index contributed by atoms with van der Waals surface area (Å²) in [5.41, 5.74) is 3.41. The molecule has 0 fully saturated rings. The van der Waals surface area contributed by atoms with Crippen molar-refractivity contribution in [3.63, 3.8) is 0 Å². The van der Waals surface area contributed by atoms with E-state index in [-0.39, 0.29) is 24.4 Å². The van der Waals surface area contributed by atoms with Gasteiger partial charge in [-0.1, -0.05) is 83.7 Å². The normalized spacial score (nSPS) is 20.2. The Morgan fingerprint density at radius 3 is 1.91 bits per heavy atom. The third kappa shape index (κ3) is 11.6. The summed E-state index contributed by atoms with van der Waals surface area (Å²) in [4.78, 5) is 0. The molecule has 6 heteroatoms. The van der Waals surface area contributed by atoms with Gasteiger partial charge in [0.1, 0.15) is 35.9 Å². The highest BCUT2D eigenvalue weighted by molar-refractivity contribution is 5.39. The molecule has 0 bridgehead atoms. The molecule has 1 aliphatic carbocycles. The highest BCUT2D eigenvalue weighted by Crippen LogP contribution is 2.33. The summed E-state index contributed by atoms with van der Waals surface area (Å²) in [5.74, 6) is 1.71. The molecule has 2 aromatic carbocycles. The number of hydrogen-bond donors (Lipinski definition) is 0. The van der Waals surface area contributed by atoms with Crippen LogP contribution in [0, 0.1) is 0 Å². The fraction of sp³-hybridized carbons (Fsp3) is 0.622. The molecule has 0 heterocycles. The summed E-state index contributed by atoms with van der Waals surface area (Å²) in [6, 6.07) is 16.5. The fourth-order valence-corrected chi connectivity index (χ4v) is 5.17. The summed E-state index contributed by atoms with van der Waals surface area (Å²) in [6.07, 6.45) is 10.1. The number of unbranched alkanes of at least 4 members (excludes halogenated alkanes) is 4. The lowest BCUT2D eigenvalue weighted by atomic mass is 9.88. The molecule has 2 aromatic rings. The molecule has 0 saturated heterocycles. The van der Waals surface area contributed by atoms with Crippen LogP contribution in [0.15, 0.2) is 60.2 Å². The van der Waals surface area contributed by atoms with Crippen LogP contribution in [-0.2, 0) is 25.4 Å². The van der Waals surface area contributed by atoms with Gasteiger partial charge < -0.3 is 28.4 Å². The van der Waals surface area contributed by atoms with Crippen molar-refractivity contribution in [3.8, 4) is 11.5 Å². The summed E-state index contributed by atoms with van der Waals surface area (Å²) >= 11 is 0. The molecule has 0 amide bonds. The van der Waals surface area contributed by atoms with Gasteiger partial charge >= 0.3 is 0 Å². The zero-order chi connectivity index (χ0) is 30.7. The Hall–Kier alpha value is -2.38. The van der Waals surface area contributed by atoms with E-state index in [2.05, 4.69) is 64.1 Å². The second-order valence-electron chi connectivity index (χ2n) is 11.4. The van der Waals surface area contributed by atoms with Crippen LogP contribution in [0.3, 0.4) is 0 Å². The van der Waals surface area contributed by atoms with Gasteiger partial charge in [-0.25, -0.2) is 0 Å². The zero-order valence-corrected chi connectivity index (χ0v) is 27.4. The first-order valence-electron chi connectivity index (χ1n) is 16.7. The molecule has 0 aromatic heterocycles. The molecular weight excluding hydrogens is 540 g/mol. The summed E-state index contributed by atoms with van der Waals surface area (Å²) in [7, 11) is 1.69. The summed E-state index contributed by atoms with van der Waals surface area (Å²) < 4.78 is 38.3.